The molecular formula is C19H22N4O2S. The van der Waals surface area contributed by atoms with Gasteiger partial charge in [-0.1, -0.05) is 6.07 Å². The van der Waals surface area contributed by atoms with Crippen LogP contribution < -0.4 is 10.2 Å². The molecule has 3 amide bonds. The summed E-state index contributed by atoms with van der Waals surface area (Å²) in [4.78, 5) is 33.4. The minimum absolute atomic E-state index is 0.0192. The number of rotatable bonds is 3. The molecule has 136 valence electrons. The molecule has 2 aromatic rings. The Balaban J connectivity index is 1.64. The van der Waals surface area contributed by atoms with Crippen LogP contribution in [0.1, 0.15) is 46.2 Å². The maximum Gasteiger partial charge on any atom is 0.322 e. The highest BCUT2D eigenvalue weighted by Gasteiger charge is 2.31. The number of amides is 3. The number of nitrogens with one attached hydrogen (secondary N) is 1. The van der Waals surface area contributed by atoms with Crippen molar-refractivity contribution >= 4 is 29.0 Å². The van der Waals surface area contributed by atoms with Crippen LogP contribution in [0.4, 0.5) is 10.5 Å². The summed E-state index contributed by atoms with van der Waals surface area (Å²) in [7, 11) is 0. The van der Waals surface area contributed by atoms with Crippen molar-refractivity contribution in [1.29, 1.82) is 0 Å². The van der Waals surface area contributed by atoms with Crippen molar-refractivity contribution in [3.63, 3.8) is 0 Å². The van der Waals surface area contributed by atoms with Crippen molar-refractivity contribution < 1.29 is 9.59 Å². The Bertz CT molecular complexity index is 821. The molecule has 2 aliphatic rings. The number of nitrogens with zero attached hydrogens (tertiary/aromatic N) is 3. The van der Waals surface area contributed by atoms with Crippen molar-refractivity contribution in [1.82, 2.24) is 15.2 Å². The van der Waals surface area contributed by atoms with Gasteiger partial charge in [0.05, 0.1) is 6.04 Å². The Labute approximate surface area is 156 Å². The molecule has 0 aliphatic carbocycles. The zero-order chi connectivity index (χ0) is 18.1. The van der Waals surface area contributed by atoms with E-state index in [1.165, 1.54) is 0 Å². The van der Waals surface area contributed by atoms with Crippen molar-refractivity contribution in [2.75, 3.05) is 24.5 Å². The van der Waals surface area contributed by atoms with Crippen LogP contribution in [0.3, 0.4) is 0 Å². The van der Waals surface area contributed by atoms with E-state index < -0.39 is 0 Å². The number of hydrogen-bond acceptors (Lipinski definition) is 4. The molecule has 1 aromatic carbocycles. The average Bonchev–Trinajstić information content (AvgIpc) is 3.33. The van der Waals surface area contributed by atoms with Gasteiger partial charge in [0.2, 0.25) is 0 Å². The molecule has 2 fully saturated rings. The minimum atomic E-state index is -0.101. The number of urea groups is 1. The van der Waals surface area contributed by atoms with Gasteiger partial charge in [0.25, 0.3) is 5.91 Å². The molecule has 0 saturated carbocycles. The third-order valence-corrected chi connectivity index (χ3v) is 5.98. The fourth-order valence-corrected chi connectivity index (χ4v) is 4.52. The van der Waals surface area contributed by atoms with E-state index in [9.17, 15) is 9.59 Å². The van der Waals surface area contributed by atoms with Crippen LogP contribution in [0.25, 0.3) is 0 Å². The van der Waals surface area contributed by atoms with Crippen LogP contribution in [0.2, 0.25) is 0 Å². The molecule has 2 saturated heterocycles. The lowest BCUT2D eigenvalue weighted by Crippen LogP contribution is -2.38. The first-order valence-corrected chi connectivity index (χ1v) is 9.89. The second-order valence-electron chi connectivity index (χ2n) is 6.77. The summed E-state index contributed by atoms with van der Waals surface area (Å²) in [6.07, 6.45) is 4.88. The normalized spacial score (nSPS) is 20.3. The number of aryl methyl sites for hydroxylation is 1. The van der Waals surface area contributed by atoms with Crippen LogP contribution in [0.5, 0.6) is 0 Å². The van der Waals surface area contributed by atoms with Crippen LogP contribution in [-0.2, 0) is 0 Å². The minimum Gasteiger partial charge on any atom is -0.336 e. The average molecular weight is 370 g/mol. The number of piperidine rings is 1. The highest BCUT2D eigenvalue weighted by atomic mass is 32.1. The molecule has 1 atom stereocenters. The Hall–Kier alpha value is -2.41. The lowest BCUT2D eigenvalue weighted by Gasteiger charge is -2.34. The Morgan fingerprint density at radius 2 is 2.19 bits per heavy atom. The van der Waals surface area contributed by atoms with Gasteiger partial charge in [0.15, 0.2) is 0 Å². The van der Waals surface area contributed by atoms with Gasteiger partial charge in [0.1, 0.15) is 5.01 Å². The van der Waals surface area contributed by atoms with E-state index in [4.69, 9.17) is 0 Å². The van der Waals surface area contributed by atoms with E-state index in [1.54, 1.807) is 22.4 Å². The van der Waals surface area contributed by atoms with Gasteiger partial charge in [-0.2, -0.15) is 0 Å². The molecule has 2 aliphatic heterocycles. The largest absolute Gasteiger partial charge is 0.336 e. The van der Waals surface area contributed by atoms with Crippen LogP contribution in [0.15, 0.2) is 29.8 Å². The van der Waals surface area contributed by atoms with Crippen LogP contribution in [0, 0.1) is 6.92 Å². The summed E-state index contributed by atoms with van der Waals surface area (Å²) in [5, 5.41) is 5.78. The monoisotopic (exact) mass is 370 g/mol. The van der Waals surface area contributed by atoms with Gasteiger partial charge in [0, 0.05) is 42.5 Å². The molecule has 3 heterocycles. The van der Waals surface area contributed by atoms with Gasteiger partial charge in [-0.25, -0.2) is 9.78 Å². The van der Waals surface area contributed by atoms with E-state index in [0.717, 1.165) is 42.1 Å². The van der Waals surface area contributed by atoms with Crippen LogP contribution in [-0.4, -0.2) is 41.5 Å². The van der Waals surface area contributed by atoms with Crippen molar-refractivity contribution in [3.8, 4) is 0 Å². The second-order valence-corrected chi connectivity index (χ2v) is 7.69. The standard InChI is InChI=1S/C19H22N4O2S/c1-13-5-6-14(12-16(13)23-10-7-21-19(23)25)18(24)22-9-3-2-4-15(22)17-20-8-11-26-17/h5-6,8,11-12,15H,2-4,7,9-10H2,1H3,(H,21,25). The van der Waals surface area contributed by atoms with Crippen LogP contribution >= 0.6 is 11.3 Å². The van der Waals surface area contributed by atoms with E-state index in [-0.39, 0.29) is 18.0 Å². The first-order valence-electron chi connectivity index (χ1n) is 9.01. The number of hydrogen-bond donors (Lipinski definition) is 1. The van der Waals surface area contributed by atoms with E-state index >= 15 is 0 Å². The Morgan fingerprint density at radius 3 is 2.92 bits per heavy atom. The van der Waals surface area contributed by atoms with Gasteiger partial charge >= 0.3 is 6.03 Å². The zero-order valence-electron chi connectivity index (χ0n) is 14.8. The molecule has 1 N–H and O–H groups in total. The molecular weight excluding hydrogens is 348 g/mol. The third kappa shape index (κ3) is 3.07. The molecule has 7 heteroatoms. The highest BCUT2D eigenvalue weighted by molar-refractivity contribution is 7.09. The molecule has 0 radical (unpaired) electrons. The Kier molecular flexibility index (Phi) is 4.63. The number of thiazole rings is 1. The molecule has 1 unspecified atom stereocenters. The van der Waals surface area contributed by atoms with Gasteiger partial charge in [-0.3, -0.25) is 9.69 Å². The van der Waals surface area contributed by atoms with Crippen molar-refractivity contribution in [2.45, 2.75) is 32.2 Å². The first kappa shape index (κ1) is 17.0. The Morgan fingerprint density at radius 1 is 1.31 bits per heavy atom. The fourth-order valence-electron chi connectivity index (χ4n) is 3.73. The summed E-state index contributed by atoms with van der Waals surface area (Å²) in [6, 6.07) is 5.60. The van der Waals surface area contributed by atoms with E-state index in [2.05, 4.69) is 10.3 Å². The lowest BCUT2D eigenvalue weighted by molar-refractivity contribution is 0.0611. The highest BCUT2D eigenvalue weighted by Crippen LogP contribution is 2.34. The van der Waals surface area contributed by atoms with Gasteiger partial charge < -0.3 is 10.2 Å². The molecule has 1 aromatic heterocycles. The summed E-state index contributed by atoms with van der Waals surface area (Å²) in [6.45, 7) is 3.97. The molecule has 4 rings (SSSR count). The number of aromatic nitrogens is 1. The zero-order valence-corrected chi connectivity index (χ0v) is 15.6. The predicted molar refractivity (Wildman–Crippen MR) is 102 cm³/mol. The molecule has 26 heavy (non-hydrogen) atoms. The number of likely N-dealkylation sites (tertiary alicyclic amines) is 1. The van der Waals surface area contributed by atoms with E-state index in [1.807, 2.05) is 35.4 Å². The summed E-state index contributed by atoms with van der Waals surface area (Å²) >= 11 is 1.61. The molecule has 0 bridgehead atoms. The fraction of sp³-hybridized carbons (Fsp3) is 0.421. The predicted octanol–water partition coefficient (Wildman–Crippen LogP) is 3.35. The van der Waals surface area contributed by atoms with E-state index in [0.29, 0.717) is 18.7 Å². The first-order chi connectivity index (χ1) is 12.6. The SMILES string of the molecule is Cc1ccc(C(=O)N2CCCCC2c2nccs2)cc1N1CCNC1=O. The summed E-state index contributed by atoms with van der Waals surface area (Å²) < 4.78 is 0. The number of anilines is 1. The smallest absolute Gasteiger partial charge is 0.322 e. The maximum atomic E-state index is 13.2. The van der Waals surface area contributed by atoms with Gasteiger partial charge in [-0.05, 0) is 43.9 Å². The second kappa shape index (κ2) is 7.07. The number of carbonyl (C=O) groups excluding carboxylic acids is 2. The topological polar surface area (TPSA) is 65.5 Å². The third-order valence-electron chi connectivity index (χ3n) is 5.10. The molecule has 6 nitrogen and oxygen atoms in total. The number of carbonyl (C=O) groups is 2. The quantitative estimate of drug-likeness (QED) is 0.901. The summed E-state index contributed by atoms with van der Waals surface area (Å²) in [5.41, 5.74) is 2.44. The van der Waals surface area contributed by atoms with Crippen molar-refractivity contribution in [2.24, 2.45) is 0 Å². The van der Waals surface area contributed by atoms with Crippen molar-refractivity contribution in [3.05, 3.63) is 45.9 Å². The lowest BCUT2D eigenvalue weighted by atomic mass is 10.0. The summed E-state index contributed by atoms with van der Waals surface area (Å²) in [5.74, 6) is 0.0192. The van der Waals surface area contributed by atoms with Gasteiger partial charge in [-0.15, -0.1) is 11.3 Å². The molecule has 0 spiro atoms. The maximum absolute atomic E-state index is 13.2. The number of benzene rings is 1.